The van der Waals surface area contributed by atoms with E-state index < -0.39 is 22.9 Å². The van der Waals surface area contributed by atoms with Crippen LogP contribution in [0.2, 0.25) is 0 Å². The molecule has 0 saturated carbocycles. The number of thioether (sulfide) groups is 1. The van der Waals surface area contributed by atoms with Crippen molar-refractivity contribution in [1.29, 1.82) is 0 Å². The molecule has 1 N–H and O–H groups in total. The predicted octanol–water partition coefficient (Wildman–Crippen LogP) is 7.56. The molecule has 3 aromatic carbocycles. The summed E-state index contributed by atoms with van der Waals surface area (Å²) < 4.78 is 44.5. The molecule has 196 valence electrons. The smallest absolute Gasteiger partial charge is 0.416 e. The number of hydrogen-bond acceptors (Lipinski definition) is 7. The Bertz CT molecular complexity index is 1450. The molecule has 11 heteroatoms. The van der Waals surface area contributed by atoms with E-state index in [1.165, 1.54) is 36.4 Å². The van der Waals surface area contributed by atoms with Gasteiger partial charge in [0.15, 0.2) is 0 Å². The van der Waals surface area contributed by atoms with Crippen LogP contribution in [0.4, 0.5) is 29.3 Å². The van der Waals surface area contributed by atoms with Crippen LogP contribution in [-0.4, -0.2) is 34.3 Å². The van der Waals surface area contributed by atoms with Crippen molar-refractivity contribution in [3.05, 3.63) is 87.8 Å². The Hall–Kier alpha value is -4.12. The maximum Gasteiger partial charge on any atom is 0.416 e. The van der Waals surface area contributed by atoms with E-state index in [2.05, 4.69) is 10.2 Å². The summed E-state index contributed by atoms with van der Waals surface area (Å²) in [6, 6.07) is 14.3. The van der Waals surface area contributed by atoms with Crippen LogP contribution in [0.3, 0.4) is 0 Å². The second-order valence-electron chi connectivity index (χ2n) is 8.44. The van der Waals surface area contributed by atoms with Gasteiger partial charge in [-0.25, -0.2) is 0 Å². The number of aromatic hydroxyl groups is 1. The van der Waals surface area contributed by atoms with Crippen molar-refractivity contribution in [1.82, 2.24) is 4.90 Å². The number of rotatable bonds is 7. The number of phenolic OH excluding ortho intramolecular Hbond substituents is 1. The fourth-order valence-electron chi connectivity index (χ4n) is 3.52. The van der Waals surface area contributed by atoms with E-state index in [0.717, 1.165) is 39.9 Å². The molecule has 2 amide bonds. The predicted molar refractivity (Wildman–Crippen MR) is 138 cm³/mol. The van der Waals surface area contributed by atoms with Crippen molar-refractivity contribution < 1.29 is 32.6 Å². The van der Waals surface area contributed by atoms with Gasteiger partial charge in [-0.15, -0.1) is 0 Å². The summed E-state index contributed by atoms with van der Waals surface area (Å²) in [5.41, 5.74) is 1.53. The zero-order chi connectivity index (χ0) is 27.4. The molecule has 0 spiro atoms. The third-order valence-corrected chi connectivity index (χ3v) is 6.45. The Kier molecular flexibility index (Phi) is 7.86. The van der Waals surface area contributed by atoms with Gasteiger partial charge in [-0.3, -0.25) is 14.5 Å². The summed E-state index contributed by atoms with van der Waals surface area (Å²) in [7, 11) is 0. The van der Waals surface area contributed by atoms with E-state index in [0.29, 0.717) is 5.75 Å². The molecule has 0 bridgehead atoms. The first kappa shape index (κ1) is 26.9. The molecule has 0 unspecified atom stereocenters. The molecule has 1 aliphatic heterocycles. The summed E-state index contributed by atoms with van der Waals surface area (Å²) in [5, 5.41) is 17.6. The molecule has 4 rings (SSSR count). The van der Waals surface area contributed by atoms with Crippen LogP contribution in [-0.2, 0) is 11.0 Å². The van der Waals surface area contributed by atoms with E-state index in [4.69, 9.17) is 4.74 Å². The minimum absolute atomic E-state index is 0.00125. The molecule has 3 aromatic rings. The van der Waals surface area contributed by atoms with Gasteiger partial charge in [0.1, 0.15) is 18.1 Å². The molecule has 0 radical (unpaired) electrons. The number of carbonyl (C=O) groups is 2. The number of hydrogen-bond donors (Lipinski definition) is 1. The van der Waals surface area contributed by atoms with Gasteiger partial charge in [0.25, 0.3) is 11.1 Å². The largest absolute Gasteiger partial charge is 0.507 e. The number of imide groups is 1. The Morgan fingerprint density at radius 1 is 1.00 bits per heavy atom. The van der Waals surface area contributed by atoms with Crippen molar-refractivity contribution in [2.75, 3.05) is 13.2 Å². The highest BCUT2D eigenvalue weighted by molar-refractivity contribution is 8.18. The van der Waals surface area contributed by atoms with Crippen LogP contribution in [0.1, 0.15) is 22.3 Å². The Balaban J connectivity index is 1.46. The zero-order valence-electron chi connectivity index (χ0n) is 20.3. The maximum absolute atomic E-state index is 12.9. The standard InChI is InChI=1S/C27H22F3N3O4S/c1-16-6-7-17(2)23(12-16)37-11-10-33-25(35)24(38-26(33)36)14-18-13-21(8-9-22(18)34)32-31-20-5-3-4-19(15-20)27(28,29)30/h3-9,12-15,34H,10-11H2,1-2H3/b24-14-,32-31?. The number of phenols is 1. The summed E-state index contributed by atoms with van der Waals surface area (Å²) in [6.07, 6.45) is -3.15. The topological polar surface area (TPSA) is 91.6 Å². The molecule has 7 nitrogen and oxygen atoms in total. The molecule has 1 fully saturated rings. The lowest BCUT2D eigenvalue weighted by molar-refractivity contribution is -0.137. The van der Waals surface area contributed by atoms with Crippen molar-refractivity contribution in [2.24, 2.45) is 10.2 Å². The van der Waals surface area contributed by atoms with Gasteiger partial charge in [-0.05, 0) is 85.3 Å². The van der Waals surface area contributed by atoms with E-state index in [-0.39, 0.29) is 40.7 Å². The number of aryl methyl sites for hydroxylation is 2. The Morgan fingerprint density at radius 2 is 1.74 bits per heavy atom. The lowest BCUT2D eigenvalue weighted by atomic mass is 10.1. The number of azo groups is 1. The summed E-state index contributed by atoms with van der Waals surface area (Å²) in [4.78, 5) is 26.5. The van der Waals surface area contributed by atoms with Crippen LogP contribution in [0.25, 0.3) is 6.08 Å². The molecular formula is C27H22F3N3O4S. The number of alkyl halides is 3. The average molecular weight is 542 g/mol. The molecule has 0 aliphatic carbocycles. The minimum Gasteiger partial charge on any atom is -0.507 e. The summed E-state index contributed by atoms with van der Waals surface area (Å²) in [5.74, 6) is -0.0263. The van der Waals surface area contributed by atoms with Crippen LogP contribution < -0.4 is 4.74 Å². The Labute approximate surface area is 220 Å². The molecule has 1 saturated heterocycles. The molecule has 0 atom stereocenters. The zero-order valence-corrected chi connectivity index (χ0v) is 21.1. The minimum atomic E-state index is -4.51. The van der Waals surface area contributed by atoms with Gasteiger partial charge in [0.2, 0.25) is 0 Å². The van der Waals surface area contributed by atoms with Crippen molar-refractivity contribution in [3.8, 4) is 11.5 Å². The number of benzene rings is 3. The number of ether oxygens (including phenoxy) is 1. The molecule has 38 heavy (non-hydrogen) atoms. The van der Waals surface area contributed by atoms with Crippen LogP contribution >= 0.6 is 11.8 Å². The van der Waals surface area contributed by atoms with Crippen molar-refractivity contribution in [3.63, 3.8) is 0 Å². The third kappa shape index (κ3) is 6.41. The summed E-state index contributed by atoms with van der Waals surface area (Å²) in [6.45, 7) is 4.00. The van der Waals surface area contributed by atoms with Crippen LogP contribution in [0.15, 0.2) is 75.8 Å². The molecular weight excluding hydrogens is 519 g/mol. The number of amides is 2. The van der Waals surface area contributed by atoms with Gasteiger partial charge < -0.3 is 9.84 Å². The van der Waals surface area contributed by atoms with Gasteiger partial charge in [-0.2, -0.15) is 23.4 Å². The second-order valence-corrected chi connectivity index (χ2v) is 9.44. The van der Waals surface area contributed by atoms with Crippen LogP contribution in [0, 0.1) is 13.8 Å². The van der Waals surface area contributed by atoms with Crippen LogP contribution in [0.5, 0.6) is 11.5 Å². The molecule has 1 heterocycles. The highest BCUT2D eigenvalue weighted by Crippen LogP contribution is 2.36. The highest BCUT2D eigenvalue weighted by atomic mass is 32.2. The lowest BCUT2D eigenvalue weighted by Crippen LogP contribution is -2.32. The van der Waals surface area contributed by atoms with E-state index in [1.807, 2.05) is 32.0 Å². The number of nitrogens with zero attached hydrogens (tertiary/aromatic N) is 3. The highest BCUT2D eigenvalue weighted by Gasteiger charge is 2.35. The number of halogens is 3. The molecule has 1 aliphatic rings. The van der Waals surface area contributed by atoms with E-state index in [9.17, 15) is 27.9 Å². The summed E-state index contributed by atoms with van der Waals surface area (Å²) >= 11 is 0.728. The van der Waals surface area contributed by atoms with Crippen molar-refractivity contribution in [2.45, 2.75) is 20.0 Å². The van der Waals surface area contributed by atoms with E-state index in [1.54, 1.807) is 0 Å². The lowest BCUT2D eigenvalue weighted by Gasteiger charge is -2.14. The third-order valence-electron chi connectivity index (χ3n) is 5.54. The van der Waals surface area contributed by atoms with Gasteiger partial charge in [0.05, 0.1) is 28.4 Å². The number of carbonyl (C=O) groups excluding carboxylic acids is 2. The van der Waals surface area contributed by atoms with Gasteiger partial charge in [0, 0.05) is 5.56 Å². The first-order chi connectivity index (χ1) is 18.0. The Morgan fingerprint density at radius 3 is 2.47 bits per heavy atom. The first-order valence-electron chi connectivity index (χ1n) is 11.4. The average Bonchev–Trinajstić information content (AvgIpc) is 3.13. The quantitative estimate of drug-likeness (QED) is 0.246. The SMILES string of the molecule is Cc1ccc(C)c(OCCN2C(=O)S/C(=C\c3cc(N=Nc4cccc(C(F)(F)F)c4)ccc3O)C2=O)c1. The van der Waals surface area contributed by atoms with Gasteiger partial charge >= 0.3 is 6.18 Å². The first-order valence-corrected chi connectivity index (χ1v) is 12.2. The maximum atomic E-state index is 12.9. The normalized spacial score (nSPS) is 15.2. The van der Waals surface area contributed by atoms with Crippen molar-refractivity contribution >= 4 is 40.4 Å². The second kappa shape index (κ2) is 11.1. The van der Waals surface area contributed by atoms with Gasteiger partial charge in [-0.1, -0.05) is 18.2 Å². The fourth-order valence-corrected chi connectivity index (χ4v) is 4.38. The molecule has 0 aromatic heterocycles. The van der Waals surface area contributed by atoms with E-state index >= 15 is 0 Å². The fraction of sp³-hybridized carbons (Fsp3) is 0.185. The monoisotopic (exact) mass is 541 g/mol.